The van der Waals surface area contributed by atoms with Crippen molar-refractivity contribution in [2.45, 2.75) is 32.1 Å². The quantitative estimate of drug-likeness (QED) is 0.795. The predicted molar refractivity (Wildman–Crippen MR) is 77.5 cm³/mol. The zero-order valence-electron chi connectivity index (χ0n) is 12.6. The first kappa shape index (κ1) is 15.5. The van der Waals surface area contributed by atoms with Crippen LogP contribution in [0.4, 0.5) is 0 Å². The summed E-state index contributed by atoms with van der Waals surface area (Å²) in [6.07, 6.45) is -0.566. The fourth-order valence-corrected chi connectivity index (χ4v) is 2.61. The molecule has 1 aromatic carbocycles. The molecule has 1 aliphatic heterocycles. The van der Waals surface area contributed by atoms with Crippen molar-refractivity contribution in [2.24, 2.45) is 0 Å². The first-order valence-electron chi connectivity index (χ1n) is 7.02. The standard InChI is InChI=1S/C16H20N2O3/c1-11-9-18(10-15(21-11)16(19)20-3)12(2)14-6-4-13(8-17)5-7-14/h4-7,11-12,15H,9-10H2,1-3H3/t11-,12-,15+/m1/s1. The molecule has 3 atom stereocenters. The number of esters is 1. The highest BCUT2D eigenvalue weighted by atomic mass is 16.6. The van der Waals surface area contributed by atoms with Crippen molar-refractivity contribution in [1.82, 2.24) is 4.90 Å². The van der Waals surface area contributed by atoms with Crippen LogP contribution in [0.15, 0.2) is 24.3 Å². The van der Waals surface area contributed by atoms with Crippen LogP contribution in [0.25, 0.3) is 0 Å². The van der Waals surface area contributed by atoms with E-state index in [2.05, 4.69) is 17.9 Å². The molecule has 0 N–H and O–H groups in total. The minimum absolute atomic E-state index is 0.0244. The minimum atomic E-state index is -0.542. The molecule has 1 aromatic rings. The molecule has 0 radical (unpaired) electrons. The van der Waals surface area contributed by atoms with Gasteiger partial charge in [-0.1, -0.05) is 12.1 Å². The number of hydrogen-bond donors (Lipinski definition) is 0. The average Bonchev–Trinajstić information content (AvgIpc) is 2.52. The second-order valence-electron chi connectivity index (χ2n) is 5.32. The fourth-order valence-electron chi connectivity index (χ4n) is 2.61. The van der Waals surface area contributed by atoms with Gasteiger partial charge in [-0.3, -0.25) is 4.90 Å². The van der Waals surface area contributed by atoms with E-state index < -0.39 is 6.10 Å². The largest absolute Gasteiger partial charge is 0.467 e. The Labute approximate surface area is 125 Å². The van der Waals surface area contributed by atoms with Crippen molar-refractivity contribution in [3.63, 3.8) is 0 Å². The second-order valence-corrected chi connectivity index (χ2v) is 5.32. The summed E-state index contributed by atoms with van der Waals surface area (Å²) in [6.45, 7) is 5.31. The lowest BCUT2D eigenvalue weighted by molar-refractivity contribution is -0.167. The van der Waals surface area contributed by atoms with Crippen molar-refractivity contribution in [3.05, 3.63) is 35.4 Å². The Bertz CT molecular complexity index is 535. The molecule has 21 heavy (non-hydrogen) atoms. The molecule has 0 unspecified atom stereocenters. The number of rotatable bonds is 3. The van der Waals surface area contributed by atoms with Gasteiger partial charge in [-0.25, -0.2) is 4.79 Å². The third-order valence-corrected chi connectivity index (χ3v) is 3.82. The second kappa shape index (κ2) is 6.70. The molecule has 5 heteroatoms. The van der Waals surface area contributed by atoms with E-state index in [1.807, 2.05) is 31.2 Å². The number of nitriles is 1. The van der Waals surface area contributed by atoms with Gasteiger partial charge in [0.1, 0.15) is 0 Å². The smallest absolute Gasteiger partial charge is 0.336 e. The number of carbonyl (C=O) groups is 1. The molecular weight excluding hydrogens is 268 g/mol. The average molecular weight is 288 g/mol. The lowest BCUT2D eigenvalue weighted by Gasteiger charge is -2.39. The zero-order chi connectivity index (χ0) is 15.4. The molecule has 1 fully saturated rings. The van der Waals surface area contributed by atoms with Crippen molar-refractivity contribution >= 4 is 5.97 Å². The number of hydrogen-bond acceptors (Lipinski definition) is 5. The van der Waals surface area contributed by atoms with Crippen LogP contribution in [0.1, 0.15) is 31.0 Å². The van der Waals surface area contributed by atoms with Crippen LogP contribution in [0.5, 0.6) is 0 Å². The molecule has 1 aliphatic rings. The summed E-state index contributed by atoms with van der Waals surface area (Å²) >= 11 is 0. The van der Waals surface area contributed by atoms with Gasteiger partial charge in [0.05, 0.1) is 24.8 Å². The van der Waals surface area contributed by atoms with E-state index in [1.54, 1.807) is 0 Å². The molecule has 0 bridgehead atoms. The molecule has 0 saturated carbocycles. The number of ether oxygens (including phenoxy) is 2. The van der Waals surface area contributed by atoms with Gasteiger partial charge in [0.15, 0.2) is 6.10 Å². The van der Waals surface area contributed by atoms with E-state index in [-0.39, 0.29) is 18.1 Å². The summed E-state index contributed by atoms with van der Waals surface area (Å²) in [6, 6.07) is 9.80. The van der Waals surface area contributed by atoms with Gasteiger partial charge in [-0.15, -0.1) is 0 Å². The summed E-state index contributed by atoms with van der Waals surface area (Å²) in [5.41, 5.74) is 1.76. The Balaban J connectivity index is 2.11. The molecule has 2 rings (SSSR count). The van der Waals surface area contributed by atoms with E-state index in [1.165, 1.54) is 7.11 Å². The molecule has 5 nitrogen and oxygen atoms in total. The summed E-state index contributed by atoms with van der Waals surface area (Å²) in [5, 5.41) is 8.85. The SMILES string of the molecule is COC(=O)[C@@H]1CN([C@H](C)c2ccc(C#N)cc2)C[C@@H](C)O1. The fraction of sp³-hybridized carbons (Fsp3) is 0.500. The zero-order valence-corrected chi connectivity index (χ0v) is 12.6. The van der Waals surface area contributed by atoms with E-state index in [9.17, 15) is 4.79 Å². The Kier molecular flexibility index (Phi) is 4.94. The summed E-state index contributed by atoms with van der Waals surface area (Å²) < 4.78 is 10.4. The topological polar surface area (TPSA) is 62.6 Å². The lowest BCUT2D eigenvalue weighted by Crippen LogP contribution is -2.50. The Morgan fingerprint density at radius 2 is 2.10 bits per heavy atom. The van der Waals surface area contributed by atoms with Gasteiger partial charge < -0.3 is 9.47 Å². The maximum atomic E-state index is 11.7. The van der Waals surface area contributed by atoms with Gasteiger partial charge in [-0.2, -0.15) is 5.26 Å². The van der Waals surface area contributed by atoms with Crippen LogP contribution < -0.4 is 0 Å². The van der Waals surface area contributed by atoms with E-state index >= 15 is 0 Å². The molecular formula is C16H20N2O3. The third-order valence-electron chi connectivity index (χ3n) is 3.82. The monoisotopic (exact) mass is 288 g/mol. The lowest BCUT2D eigenvalue weighted by atomic mass is 10.0. The van der Waals surface area contributed by atoms with Crippen LogP contribution in [-0.4, -0.2) is 43.3 Å². The van der Waals surface area contributed by atoms with Gasteiger partial charge in [-0.05, 0) is 31.5 Å². The molecule has 0 spiro atoms. The molecule has 1 heterocycles. The maximum absolute atomic E-state index is 11.7. The van der Waals surface area contributed by atoms with Gasteiger partial charge >= 0.3 is 5.97 Å². The highest BCUT2D eigenvalue weighted by Gasteiger charge is 2.33. The number of benzene rings is 1. The van der Waals surface area contributed by atoms with Gasteiger partial charge in [0.2, 0.25) is 0 Å². The van der Waals surface area contributed by atoms with Crippen LogP contribution in [0.2, 0.25) is 0 Å². The van der Waals surface area contributed by atoms with Crippen LogP contribution in [0.3, 0.4) is 0 Å². The maximum Gasteiger partial charge on any atom is 0.336 e. The molecule has 1 saturated heterocycles. The Morgan fingerprint density at radius 3 is 2.67 bits per heavy atom. The number of carbonyl (C=O) groups excluding carboxylic acids is 1. The Morgan fingerprint density at radius 1 is 1.43 bits per heavy atom. The minimum Gasteiger partial charge on any atom is -0.467 e. The molecule has 112 valence electrons. The molecule has 0 aliphatic carbocycles. The van der Waals surface area contributed by atoms with Crippen LogP contribution in [-0.2, 0) is 14.3 Å². The highest BCUT2D eigenvalue weighted by molar-refractivity contribution is 5.75. The molecule has 0 amide bonds. The van der Waals surface area contributed by atoms with Crippen molar-refractivity contribution in [3.8, 4) is 6.07 Å². The summed E-state index contributed by atoms with van der Waals surface area (Å²) in [7, 11) is 1.37. The van der Waals surface area contributed by atoms with Crippen LogP contribution >= 0.6 is 0 Å². The normalized spacial score (nSPS) is 24.1. The van der Waals surface area contributed by atoms with Gasteiger partial charge in [0, 0.05) is 19.1 Å². The van der Waals surface area contributed by atoms with Crippen molar-refractivity contribution in [2.75, 3.05) is 20.2 Å². The van der Waals surface area contributed by atoms with E-state index in [4.69, 9.17) is 14.7 Å². The van der Waals surface area contributed by atoms with Crippen molar-refractivity contribution < 1.29 is 14.3 Å². The molecule has 0 aromatic heterocycles. The highest BCUT2D eigenvalue weighted by Crippen LogP contribution is 2.25. The number of morpholine rings is 1. The number of methoxy groups -OCH3 is 1. The van der Waals surface area contributed by atoms with E-state index in [0.717, 1.165) is 12.1 Å². The van der Waals surface area contributed by atoms with Crippen LogP contribution in [0, 0.1) is 11.3 Å². The number of nitrogens with zero attached hydrogens (tertiary/aromatic N) is 2. The summed E-state index contributed by atoms with van der Waals surface area (Å²) in [5.74, 6) is -0.335. The van der Waals surface area contributed by atoms with Gasteiger partial charge in [0.25, 0.3) is 0 Å². The predicted octanol–water partition coefficient (Wildman–Crippen LogP) is 1.88. The summed E-state index contributed by atoms with van der Waals surface area (Å²) in [4.78, 5) is 13.9. The first-order chi connectivity index (χ1) is 10.0. The first-order valence-corrected chi connectivity index (χ1v) is 7.02. The van der Waals surface area contributed by atoms with E-state index in [0.29, 0.717) is 12.1 Å². The third kappa shape index (κ3) is 3.60. The van der Waals surface area contributed by atoms with Crippen molar-refractivity contribution in [1.29, 1.82) is 5.26 Å². The Hall–Kier alpha value is -1.90.